The van der Waals surface area contributed by atoms with E-state index < -0.39 is 15.6 Å². The largest absolute Gasteiger partial charge is 0.522 e. The Morgan fingerprint density at radius 1 is 1.00 bits per heavy atom. The Morgan fingerprint density at radius 2 is 1.52 bits per heavy atom. The van der Waals surface area contributed by atoms with Gasteiger partial charge in [0.25, 0.3) is 0 Å². The number of rotatable bonds is 1. The van der Waals surface area contributed by atoms with E-state index in [-0.39, 0.29) is 18.9 Å². The minimum absolute atomic E-state index is 0. The molecule has 148 valence electrons. The highest BCUT2D eigenvalue weighted by molar-refractivity contribution is 7.86. The van der Waals surface area contributed by atoms with Gasteiger partial charge in [-0.3, -0.25) is 9.35 Å². The average Bonchev–Trinajstić information content (AvgIpc) is 2.53. The van der Waals surface area contributed by atoms with Crippen molar-refractivity contribution in [2.75, 3.05) is 0 Å². The second-order valence-corrected chi connectivity index (χ2v) is 8.26. The van der Waals surface area contributed by atoms with Gasteiger partial charge in [-0.2, -0.15) is 35.1 Å². The summed E-state index contributed by atoms with van der Waals surface area (Å²) in [6, 6.07) is 14.1. The van der Waals surface area contributed by atoms with E-state index in [2.05, 4.69) is 26.0 Å². The third-order valence-corrected chi connectivity index (χ3v) is 5.30. The summed E-state index contributed by atoms with van der Waals surface area (Å²) in [6.07, 6.45) is 0. The van der Waals surface area contributed by atoms with Crippen LogP contribution in [0.5, 0.6) is 0 Å². The molecule has 0 aliphatic rings. The van der Waals surface area contributed by atoms with Crippen LogP contribution in [0.15, 0.2) is 47.3 Å². The second kappa shape index (κ2) is 8.59. The zero-order valence-corrected chi connectivity index (χ0v) is 16.9. The minimum atomic E-state index is -5.84. The Morgan fingerprint density at radius 3 is 2.04 bits per heavy atom. The van der Waals surface area contributed by atoms with Gasteiger partial charge in [0.05, 0.1) is 0 Å². The first kappa shape index (κ1) is 23.4. The molecule has 0 aliphatic heterocycles. The normalized spacial score (nSPS) is 11.8. The molecule has 2 aromatic carbocycles. The Bertz CT molecular complexity index is 1100. The summed E-state index contributed by atoms with van der Waals surface area (Å²) in [5, 5.41) is 1.68. The molecule has 10 heteroatoms. The molecule has 0 bridgehead atoms. The van der Waals surface area contributed by atoms with Crippen LogP contribution in [0, 0.1) is 0 Å². The molecular weight excluding hydrogens is 421 g/mol. The van der Waals surface area contributed by atoms with Crippen molar-refractivity contribution in [3.8, 4) is 0 Å². The fraction of sp³-hybridized carbons (Fsp3) is 0.235. The Hall–Kier alpha value is -1.62. The number of halogens is 3. The molecule has 0 saturated carbocycles. The molecule has 27 heavy (non-hydrogen) atoms. The first-order chi connectivity index (χ1) is 11.9. The predicted molar refractivity (Wildman–Crippen MR) is 108 cm³/mol. The van der Waals surface area contributed by atoms with Crippen LogP contribution in [0.25, 0.3) is 20.2 Å². The maximum atomic E-state index is 12.5. The van der Waals surface area contributed by atoms with Gasteiger partial charge in [-0.15, -0.1) is 11.3 Å². The minimum Gasteiger partial charge on any atom is -0.289 e. The smallest absolute Gasteiger partial charge is 0.289 e. The van der Waals surface area contributed by atoms with Crippen LogP contribution < -0.4 is 5.43 Å². The highest BCUT2D eigenvalue weighted by Gasteiger charge is 2.44. The number of benzene rings is 2. The molecule has 0 amide bonds. The van der Waals surface area contributed by atoms with Crippen LogP contribution >= 0.6 is 24.8 Å². The molecule has 1 N–H and O–H groups in total. The first-order valence-corrected chi connectivity index (χ1v) is 9.66. The van der Waals surface area contributed by atoms with Crippen molar-refractivity contribution in [2.45, 2.75) is 25.3 Å². The summed E-state index contributed by atoms with van der Waals surface area (Å²) in [6.45, 7) is 4.30. The molecule has 0 atom stereocenters. The van der Waals surface area contributed by atoms with Crippen LogP contribution in [0.1, 0.15) is 25.3 Å². The molecule has 0 unspecified atom stereocenters. The van der Waals surface area contributed by atoms with Crippen LogP contribution in [-0.2, 0) is 10.1 Å². The van der Waals surface area contributed by atoms with Crippen molar-refractivity contribution < 1.29 is 26.1 Å². The number of hydrogen-bond donors (Lipinski definition) is 1. The summed E-state index contributed by atoms with van der Waals surface area (Å²) in [5.74, 6) is 0.449. The van der Waals surface area contributed by atoms with Gasteiger partial charge in [0.1, 0.15) is 0 Å². The van der Waals surface area contributed by atoms with Gasteiger partial charge >= 0.3 is 15.6 Å². The molecule has 0 spiro atoms. The lowest BCUT2D eigenvalue weighted by Crippen LogP contribution is -2.21. The average molecular weight is 439 g/mol. The molecule has 3 rings (SSSR count). The molecule has 4 nitrogen and oxygen atoms in total. The van der Waals surface area contributed by atoms with E-state index in [1.54, 1.807) is 11.3 Å². The van der Waals surface area contributed by atoms with Gasteiger partial charge in [-0.25, -0.2) is 0 Å². The molecular formula is C17H17F3O4S3. The highest BCUT2D eigenvalue weighted by Crippen LogP contribution is 2.27. The highest BCUT2D eigenvalue weighted by atomic mass is 32.2. The molecule has 1 aromatic heterocycles. The Kier molecular flexibility index (Phi) is 7.45. The third-order valence-electron chi connectivity index (χ3n) is 3.56. The van der Waals surface area contributed by atoms with Gasteiger partial charge < -0.3 is 0 Å². The van der Waals surface area contributed by atoms with Gasteiger partial charge in [-0.1, -0.05) is 32.0 Å². The molecule has 3 aromatic rings. The van der Waals surface area contributed by atoms with Gasteiger partial charge in [0, 0.05) is 20.2 Å². The second-order valence-electron chi connectivity index (χ2n) is 5.76. The van der Waals surface area contributed by atoms with Crippen LogP contribution in [0.2, 0.25) is 0 Å². The number of alkyl halides is 3. The zero-order chi connectivity index (χ0) is 19.7. The maximum Gasteiger partial charge on any atom is 0.522 e. The Labute approximate surface area is 164 Å². The summed E-state index contributed by atoms with van der Waals surface area (Å²) >= 11 is 1.69. The van der Waals surface area contributed by atoms with E-state index >= 15 is 0 Å². The van der Waals surface area contributed by atoms with Crippen LogP contribution in [0.3, 0.4) is 0 Å². The first-order valence-electron chi connectivity index (χ1n) is 7.41. The Balaban J connectivity index is 0.000000350. The van der Waals surface area contributed by atoms with Crippen molar-refractivity contribution in [3.05, 3.63) is 58.3 Å². The zero-order valence-electron chi connectivity index (χ0n) is 14.2. The lowest BCUT2D eigenvalue weighted by atomic mass is 10.0. The standard InChI is InChI=1S/C16H14OS.CHF3O3S.H2S/c1-10(2)11-7-8-15-13(9-11)16(17)12-5-3-4-6-14(12)18-15;2-1(3,4)8(5,6)7;/h3-10H,1-2H3;(H,5,6,7);1H2. The molecule has 0 aliphatic carbocycles. The van der Waals surface area contributed by atoms with Crippen molar-refractivity contribution >= 4 is 55.1 Å². The number of fused-ring (bicyclic) bond motifs is 2. The van der Waals surface area contributed by atoms with Crippen molar-refractivity contribution in [2.24, 2.45) is 0 Å². The lowest BCUT2D eigenvalue weighted by molar-refractivity contribution is -0.0510. The van der Waals surface area contributed by atoms with E-state index in [1.165, 1.54) is 5.56 Å². The molecule has 0 fully saturated rings. The van der Waals surface area contributed by atoms with Crippen molar-refractivity contribution in [1.82, 2.24) is 0 Å². The fourth-order valence-corrected chi connectivity index (χ4v) is 3.23. The van der Waals surface area contributed by atoms with Crippen molar-refractivity contribution in [3.63, 3.8) is 0 Å². The molecule has 0 saturated heterocycles. The third kappa shape index (κ3) is 5.44. The molecule has 0 radical (unpaired) electrons. The summed E-state index contributed by atoms with van der Waals surface area (Å²) in [7, 11) is -5.84. The predicted octanol–water partition coefficient (Wildman–Crippen LogP) is 5.04. The summed E-state index contributed by atoms with van der Waals surface area (Å²) in [5.41, 5.74) is -4.16. The van der Waals surface area contributed by atoms with E-state index in [0.717, 1.165) is 20.2 Å². The molecule has 1 heterocycles. The van der Waals surface area contributed by atoms with E-state index in [1.807, 2.05) is 30.3 Å². The fourth-order valence-electron chi connectivity index (χ4n) is 2.18. The number of hydrogen-bond acceptors (Lipinski definition) is 4. The lowest BCUT2D eigenvalue weighted by Gasteiger charge is -2.07. The summed E-state index contributed by atoms with van der Waals surface area (Å²) in [4.78, 5) is 12.5. The SMILES string of the molecule is CC(C)c1ccc2sc3ccccc3c(=O)c2c1.O=S(=O)(O)C(F)(F)F.S. The monoisotopic (exact) mass is 438 g/mol. The van der Waals surface area contributed by atoms with E-state index in [0.29, 0.717) is 5.92 Å². The quantitative estimate of drug-likeness (QED) is 0.328. The van der Waals surface area contributed by atoms with Crippen molar-refractivity contribution in [1.29, 1.82) is 0 Å². The van der Waals surface area contributed by atoms with Gasteiger partial charge in [-0.05, 0) is 35.7 Å². The van der Waals surface area contributed by atoms with Gasteiger partial charge in [0.2, 0.25) is 0 Å². The maximum absolute atomic E-state index is 12.5. The van der Waals surface area contributed by atoms with Gasteiger partial charge in [0.15, 0.2) is 5.43 Å². The van der Waals surface area contributed by atoms with E-state index in [9.17, 15) is 18.0 Å². The van der Waals surface area contributed by atoms with Crippen LogP contribution in [0.4, 0.5) is 13.2 Å². The van der Waals surface area contributed by atoms with Crippen LogP contribution in [-0.4, -0.2) is 18.5 Å². The summed E-state index contributed by atoms with van der Waals surface area (Å²) < 4.78 is 59.7. The van der Waals surface area contributed by atoms with E-state index in [4.69, 9.17) is 13.0 Å². The topological polar surface area (TPSA) is 71.4 Å².